The summed E-state index contributed by atoms with van der Waals surface area (Å²) in [6.45, 7) is 3.95. The van der Waals surface area contributed by atoms with Crippen molar-refractivity contribution in [2.45, 2.75) is 148 Å². The van der Waals surface area contributed by atoms with Gasteiger partial charge in [-0.05, 0) is 96.3 Å². The van der Waals surface area contributed by atoms with Crippen LogP contribution in [0.2, 0.25) is 0 Å². The van der Waals surface area contributed by atoms with Crippen molar-refractivity contribution in [3.8, 4) is 0 Å². The summed E-state index contributed by atoms with van der Waals surface area (Å²) in [6.07, 6.45) is 55.5. The van der Waals surface area contributed by atoms with Gasteiger partial charge in [-0.25, -0.2) is 0 Å². The third-order valence-corrected chi connectivity index (χ3v) is 9.74. The molecule has 0 aromatic heterocycles. The van der Waals surface area contributed by atoms with E-state index in [4.69, 9.17) is 18.5 Å². The number of carbonyl (C=O) groups excluding carboxylic acids is 2. The van der Waals surface area contributed by atoms with E-state index in [2.05, 4.69) is 117 Å². The highest BCUT2D eigenvalue weighted by atomic mass is 31.2. The summed E-state index contributed by atoms with van der Waals surface area (Å²) >= 11 is 0. The lowest BCUT2D eigenvalue weighted by Gasteiger charge is -2.28. The van der Waals surface area contributed by atoms with E-state index in [-0.39, 0.29) is 26.1 Å². The van der Waals surface area contributed by atoms with Crippen LogP contribution in [0.25, 0.3) is 0 Å². The van der Waals surface area contributed by atoms with Crippen molar-refractivity contribution in [3.63, 3.8) is 0 Å². The van der Waals surface area contributed by atoms with E-state index in [0.717, 1.165) is 77.0 Å². The minimum absolute atomic E-state index is 0.0533. The van der Waals surface area contributed by atoms with Crippen LogP contribution in [0.3, 0.4) is 0 Å². The van der Waals surface area contributed by atoms with Crippen LogP contribution in [0.5, 0.6) is 0 Å². The van der Waals surface area contributed by atoms with Gasteiger partial charge in [0.15, 0.2) is 6.10 Å². The molecule has 0 aliphatic heterocycles. The first-order chi connectivity index (χ1) is 29.0. The predicted octanol–water partition coefficient (Wildman–Crippen LogP) is 12.5. The molecule has 0 aromatic rings. The molecule has 9 nitrogen and oxygen atoms in total. The molecule has 0 spiro atoms. The lowest BCUT2D eigenvalue weighted by Crippen LogP contribution is -2.37. The second kappa shape index (κ2) is 41.0. The zero-order valence-electron chi connectivity index (χ0n) is 38.1. The van der Waals surface area contributed by atoms with Gasteiger partial charge in [0.2, 0.25) is 0 Å². The minimum atomic E-state index is -4.66. The van der Waals surface area contributed by atoms with Crippen LogP contribution in [0, 0.1) is 0 Å². The first-order valence-corrected chi connectivity index (χ1v) is 24.1. The van der Waals surface area contributed by atoms with E-state index >= 15 is 0 Å². The van der Waals surface area contributed by atoms with Gasteiger partial charge in [0.25, 0.3) is 7.82 Å². The molecule has 340 valence electrons. The Bertz CT molecular complexity index is 1380. The Morgan fingerprint density at radius 1 is 0.533 bits per heavy atom. The molecule has 0 N–H and O–H groups in total. The fourth-order valence-corrected chi connectivity index (χ4v) is 5.99. The number of phosphoric acid groups is 1. The largest absolute Gasteiger partial charge is 0.756 e. The Balaban J connectivity index is 4.53. The number of hydrogen-bond acceptors (Lipinski definition) is 8. The molecule has 0 radical (unpaired) electrons. The third kappa shape index (κ3) is 44.2. The van der Waals surface area contributed by atoms with Crippen LogP contribution in [-0.4, -0.2) is 70.0 Å². The van der Waals surface area contributed by atoms with Crippen LogP contribution in [0.1, 0.15) is 142 Å². The number of likely N-dealkylation sites (N-methyl/N-ethyl adjacent to an activating group) is 1. The number of unbranched alkanes of at least 4 members (excludes halogenated alkanes) is 7. The van der Waals surface area contributed by atoms with E-state index in [0.29, 0.717) is 30.3 Å². The summed E-state index contributed by atoms with van der Waals surface area (Å²) in [6, 6.07) is 0. The van der Waals surface area contributed by atoms with Gasteiger partial charge in [0.05, 0.1) is 27.7 Å². The smallest absolute Gasteiger partial charge is 0.306 e. The summed E-state index contributed by atoms with van der Waals surface area (Å²) in [5.74, 6) is -0.951. The van der Waals surface area contributed by atoms with Gasteiger partial charge >= 0.3 is 11.9 Å². The van der Waals surface area contributed by atoms with Crippen LogP contribution in [0.4, 0.5) is 0 Å². The number of hydrogen-bond donors (Lipinski definition) is 0. The van der Waals surface area contributed by atoms with Crippen molar-refractivity contribution in [1.29, 1.82) is 0 Å². The maximum atomic E-state index is 12.7. The Labute approximate surface area is 366 Å². The first kappa shape index (κ1) is 56.7. The van der Waals surface area contributed by atoms with Crippen molar-refractivity contribution < 1.29 is 42.1 Å². The molecule has 0 amide bonds. The van der Waals surface area contributed by atoms with Crippen LogP contribution in [0.15, 0.2) is 109 Å². The SMILES string of the molecule is CC/C=C\C/C=C\C/C=C\C/C=C\C/C=C\CCCCCC(=O)OC[C@H](COP(=O)([O-])OCC[N+](C)(C)C)OC(=O)CCC/C=C\C/C=C\C/C=C\C/C=C\CCCCC. The van der Waals surface area contributed by atoms with Gasteiger partial charge in [-0.15, -0.1) is 0 Å². The van der Waals surface area contributed by atoms with Gasteiger partial charge in [-0.3, -0.25) is 14.2 Å². The Kier molecular flexibility index (Phi) is 38.8. The normalized spacial score (nSPS) is 14.6. The van der Waals surface area contributed by atoms with Gasteiger partial charge in [0, 0.05) is 12.8 Å². The average molecular weight is 856 g/mol. The molecule has 1 unspecified atom stereocenters. The fourth-order valence-electron chi connectivity index (χ4n) is 5.26. The lowest BCUT2D eigenvalue weighted by molar-refractivity contribution is -0.870. The second-order valence-electron chi connectivity index (χ2n) is 15.7. The van der Waals surface area contributed by atoms with Crippen molar-refractivity contribution in [1.82, 2.24) is 0 Å². The van der Waals surface area contributed by atoms with Crippen molar-refractivity contribution in [3.05, 3.63) is 109 Å². The van der Waals surface area contributed by atoms with Gasteiger partial charge in [-0.2, -0.15) is 0 Å². The zero-order valence-corrected chi connectivity index (χ0v) is 39.0. The quantitative estimate of drug-likeness (QED) is 0.0198. The number of phosphoric ester groups is 1. The number of quaternary nitrogens is 1. The van der Waals surface area contributed by atoms with Gasteiger partial charge in [-0.1, -0.05) is 142 Å². The molecule has 0 aromatic carbocycles. The van der Waals surface area contributed by atoms with Gasteiger partial charge in [0.1, 0.15) is 19.8 Å². The van der Waals surface area contributed by atoms with Crippen molar-refractivity contribution in [2.24, 2.45) is 0 Å². The molecule has 2 atom stereocenters. The Hall–Kier alpha value is -3.33. The van der Waals surface area contributed by atoms with Crippen LogP contribution >= 0.6 is 7.82 Å². The zero-order chi connectivity index (χ0) is 44.3. The molecule has 0 bridgehead atoms. The number of ether oxygens (including phenoxy) is 2. The van der Waals surface area contributed by atoms with Crippen molar-refractivity contribution in [2.75, 3.05) is 47.5 Å². The lowest BCUT2D eigenvalue weighted by atomic mass is 10.1. The molecule has 0 aliphatic carbocycles. The summed E-state index contributed by atoms with van der Waals surface area (Å²) in [5.41, 5.74) is 0. The highest BCUT2D eigenvalue weighted by Crippen LogP contribution is 2.38. The number of allylic oxidation sites excluding steroid dienone is 18. The van der Waals surface area contributed by atoms with Gasteiger partial charge < -0.3 is 27.9 Å². The van der Waals surface area contributed by atoms with E-state index in [1.165, 1.54) is 19.3 Å². The highest BCUT2D eigenvalue weighted by Gasteiger charge is 2.21. The maximum absolute atomic E-state index is 12.7. The first-order valence-electron chi connectivity index (χ1n) is 22.6. The van der Waals surface area contributed by atoms with E-state index in [1.54, 1.807) is 0 Å². The monoisotopic (exact) mass is 856 g/mol. The molecule has 0 saturated carbocycles. The summed E-state index contributed by atoms with van der Waals surface area (Å²) in [5, 5.41) is 0. The summed E-state index contributed by atoms with van der Waals surface area (Å²) in [4.78, 5) is 37.6. The third-order valence-electron chi connectivity index (χ3n) is 8.78. The molecule has 0 heterocycles. The Morgan fingerprint density at radius 3 is 1.43 bits per heavy atom. The fraction of sp³-hybridized carbons (Fsp3) is 0.600. The molecule has 10 heteroatoms. The Morgan fingerprint density at radius 2 is 0.967 bits per heavy atom. The van der Waals surface area contributed by atoms with Crippen LogP contribution < -0.4 is 4.89 Å². The molecular formula is C50H82NO8P. The van der Waals surface area contributed by atoms with E-state index < -0.39 is 32.5 Å². The van der Waals surface area contributed by atoms with E-state index in [9.17, 15) is 19.0 Å². The topological polar surface area (TPSA) is 111 Å². The highest BCUT2D eigenvalue weighted by molar-refractivity contribution is 7.45. The summed E-state index contributed by atoms with van der Waals surface area (Å²) < 4.78 is 33.8. The molecule has 0 aliphatic rings. The second-order valence-corrected chi connectivity index (χ2v) is 17.1. The van der Waals surface area contributed by atoms with Crippen molar-refractivity contribution >= 4 is 19.8 Å². The summed E-state index contributed by atoms with van der Waals surface area (Å²) in [7, 11) is 1.09. The predicted molar refractivity (Wildman–Crippen MR) is 249 cm³/mol. The molecule has 0 fully saturated rings. The van der Waals surface area contributed by atoms with Crippen LogP contribution in [-0.2, 0) is 32.7 Å². The standard InChI is InChI=1S/C50H82NO8P/c1-6-8-10-12-14-16-18-20-22-24-25-27-28-30-32-34-36-38-40-42-49(52)56-46-48(47-58-60(54,55)57-45-44-51(3,4)5)59-50(53)43-41-39-37-35-33-31-29-26-23-21-19-17-15-13-11-9-7-2/h8,10,14-17,20-23,25,27,29-32,35,37,48H,6-7,9,11-13,18-19,24,26,28,33-34,36,38-47H2,1-5H3/b10-8-,16-14-,17-15-,22-20-,23-21-,27-25-,31-29-,32-30-,37-35-/t48-/m1/s1. The molecular weight excluding hydrogens is 774 g/mol. The van der Waals surface area contributed by atoms with E-state index in [1.807, 2.05) is 27.2 Å². The molecule has 60 heavy (non-hydrogen) atoms. The molecule has 0 saturated heterocycles. The molecule has 0 rings (SSSR count). The number of carbonyl (C=O) groups is 2. The number of nitrogens with zero attached hydrogens (tertiary/aromatic N) is 1. The number of rotatable bonds is 39. The number of esters is 2. The average Bonchev–Trinajstić information content (AvgIpc) is 3.20. The maximum Gasteiger partial charge on any atom is 0.306 e. The minimum Gasteiger partial charge on any atom is -0.756 e.